The van der Waals surface area contributed by atoms with E-state index in [0.717, 1.165) is 5.56 Å². The molecule has 0 radical (unpaired) electrons. The molecule has 24 heavy (non-hydrogen) atoms. The smallest absolute Gasteiger partial charge is 0.269 e. The first-order chi connectivity index (χ1) is 11.5. The summed E-state index contributed by atoms with van der Waals surface area (Å²) in [6, 6.07) is 12.7. The zero-order chi connectivity index (χ0) is 17.5. The highest BCUT2D eigenvalue weighted by atomic mass is 16.6. The van der Waals surface area contributed by atoms with E-state index in [1.807, 2.05) is 25.1 Å². The third-order valence-electron chi connectivity index (χ3n) is 3.36. The third kappa shape index (κ3) is 4.79. The molecule has 0 saturated heterocycles. The van der Waals surface area contributed by atoms with Crippen molar-refractivity contribution in [2.24, 2.45) is 0 Å². The normalized spacial score (nSPS) is 11.6. The number of aryl methyl sites for hydroxylation is 1. The van der Waals surface area contributed by atoms with Crippen molar-refractivity contribution in [3.8, 4) is 5.75 Å². The summed E-state index contributed by atoms with van der Waals surface area (Å²) >= 11 is 0. The van der Waals surface area contributed by atoms with Crippen LogP contribution < -0.4 is 10.1 Å². The molecule has 126 valence electrons. The number of nitrogens with one attached hydrogen (secondary N) is 1. The minimum absolute atomic E-state index is 0.0156. The Morgan fingerprint density at radius 1 is 1.25 bits per heavy atom. The first kappa shape index (κ1) is 17.4. The van der Waals surface area contributed by atoms with Crippen LogP contribution in [-0.2, 0) is 0 Å². The molecule has 0 spiro atoms. The first-order valence-corrected chi connectivity index (χ1v) is 7.36. The van der Waals surface area contributed by atoms with Gasteiger partial charge in [-0.25, -0.2) is 0 Å². The van der Waals surface area contributed by atoms with Crippen molar-refractivity contribution in [2.75, 3.05) is 13.2 Å². The van der Waals surface area contributed by atoms with E-state index in [4.69, 9.17) is 4.74 Å². The van der Waals surface area contributed by atoms with Gasteiger partial charge in [0.15, 0.2) is 0 Å². The van der Waals surface area contributed by atoms with Gasteiger partial charge in [0.25, 0.3) is 11.6 Å². The largest absolute Gasteiger partial charge is 0.491 e. The fourth-order valence-electron chi connectivity index (χ4n) is 2.01. The highest BCUT2D eigenvalue weighted by molar-refractivity contribution is 5.94. The number of amides is 1. The van der Waals surface area contributed by atoms with Gasteiger partial charge in [0.05, 0.1) is 4.92 Å². The topological polar surface area (TPSA) is 102 Å². The summed E-state index contributed by atoms with van der Waals surface area (Å²) in [6.07, 6.45) is -0.869. The Kier molecular flexibility index (Phi) is 5.86. The molecule has 0 aromatic heterocycles. The molecule has 2 aromatic rings. The van der Waals surface area contributed by atoms with E-state index < -0.39 is 16.9 Å². The second-order valence-electron chi connectivity index (χ2n) is 5.24. The van der Waals surface area contributed by atoms with Crippen molar-refractivity contribution in [3.63, 3.8) is 0 Å². The van der Waals surface area contributed by atoms with Crippen molar-refractivity contribution in [1.29, 1.82) is 0 Å². The summed E-state index contributed by atoms with van der Waals surface area (Å²) in [6.45, 7) is 1.96. The molecular formula is C17H18N2O5. The molecule has 0 fully saturated rings. The molecule has 7 nitrogen and oxygen atoms in total. The standard InChI is InChI=1S/C17H18N2O5/c1-12-4-2-3-5-16(12)24-11-15(20)10-18-17(21)13-6-8-14(9-7-13)19(22)23/h2-9,15,20H,10-11H2,1H3,(H,18,21). The Labute approximate surface area is 139 Å². The molecule has 0 bridgehead atoms. The van der Waals surface area contributed by atoms with Crippen LogP contribution in [0.25, 0.3) is 0 Å². The van der Waals surface area contributed by atoms with Crippen molar-refractivity contribution >= 4 is 11.6 Å². The number of hydrogen-bond donors (Lipinski definition) is 2. The molecular weight excluding hydrogens is 312 g/mol. The Morgan fingerprint density at radius 2 is 1.92 bits per heavy atom. The van der Waals surface area contributed by atoms with Crippen LogP contribution in [0.4, 0.5) is 5.69 Å². The molecule has 0 aliphatic rings. The molecule has 1 atom stereocenters. The van der Waals surface area contributed by atoms with E-state index in [2.05, 4.69) is 5.32 Å². The van der Waals surface area contributed by atoms with Crippen LogP contribution in [0.15, 0.2) is 48.5 Å². The third-order valence-corrected chi connectivity index (χ3v) is 3.36. The summed E-state index contributed by atoms with van der Waals surface area (Å²) in [5.41, 5.74) is 1.16. The fraction of sp³-hybridized carbons (Fsp3) is 0.235. The zero-order valence-corrected chi connectivity index (χ0v) is 13.1. The maximum absolute atomic E-state index is 11.9. The van der Waals surface area contributed by atoms with Crippen LogP contribution in [-0.4, -0.2) is 35.2 Å². The van der Waals surface area contributed by atoms with Gasteiger partial charge in [-0.2, -0.15) is 0 Å². The monoisotopic (exact) mass is 330 g/mol. The number of aliphatic hydroxyl groups excluding tert-OH is 1. The predicted octanol–water partition coefficient (Wildman–Crippen LogP) is 2.07. The minimum Gasteiger partial charge on any atom is -0.491 e. The number of carbonyl (C=O) groups is 1. The second-order valence-corrected chi connectivity index (χ2v) is 5.24. The lowest BCUT2D eigenvalue weighted by atomic mass is 10.2. The van der Waals surface area contributed by atoms with E-state index in [1.54, 1.807) is 6.07 Å². The Morgan fingerprint density at radius 3 is 2.54 bits per heavy atom. The lowest BCUT2D eigenvalue weighted by Gasteiger charge is -2.14. The van der Waals surface area contributed by atoms with E-state index in [1.165, 1.54) is 24.3 Å². The number of para-hydroxylation sites is 1. The summed E-state index contributed by atoms with van der Waals surface area (Å²) in [4.78, 5) is 22.0. The van der Waals surface area contributed by atoms with Crippen molar-refractivity contribution in [2.45, 2.75) is 13.0 Å². The van der Waals surface area contributed by atoms with Gasteiger partial charge in [0.2, 0.25) is 0 Å². The van der Waals surface area contributed by atoms with E-state index in [0.29, 0.717) is 5.75 Å². The van der Waals surface area contributed by atoms with Gasteiger partial charge >= 0.3 is 0 Å². The van der Waals surface area contributed by atoms with Crippen LogP contribution in [0.1, 0.15) is 15.9 Å². The molecule has 2 N–H and O–H groups in total. The number of nitrogens with zero attached hydrogens (tertiary/aromatic N) is 1. The predicted molar refractivity (Wildman–Crippen MR) is 88.1 cm³/mol. The molecule has 2 rings (SSSR count). The first-order valence-electron chi connectivity index (χ1n) is 7.36. The van der Waals surface area contributed by atoms with Gasteiger partial charge in [0.1, 0.15) is 18.5 Å². The number of non-ortho nitro benzene ring substituents is 1. The van der Waals surface area contributed by atoms with E-state index in [-0.39, 0.29) is 24.4 Å². The van der Waals surface area contributed by atoms with Gasteiger partial charge in [0, 0.05) is 24.2 Å². The molecule has 0 saturated carbocycles. The second kappa shape index (κ2) is 8.07. The van der Waals surface area contributed by atoms with Crippen LogP contribution in [0.3, 0.4) is 0 Å². The van der Waals surface area contributed by atoms with Crippen LogP contribution in [0.5, 0.6) is 5.75 Å². The number of hydrogen-bond acceptors (Lipinski definition) is 5. The van der Waals surface area contributed by atoms with Crippen molar-refractivity contribution in [1.82, 2.24) is 5.32 Å². The molecule has 0 aliphatic heterocycles. The van der Waals surface area contributed by atoms with Crippen LogP contribution in [0, 0.1) is 17.0 Å². The highest BCUT2D eigenvalue weighted by Gasteiger charge is 2.12. The van der Waals surface area contributed by atoms with Crippen molar-refractivity contribution in [3.05, 3.63) is 69.8 Å². The molecule has 0 aliphatic carbocycles. The van der Waals surface area contributed by atoms with Gasteiger partial charge < -0.3 is 15.2 Å². The van der Waals surface area contributed by atoms with Gasteiger partial charge in [-0.1, -0.05) is 18.2 Å². The molecule has 0 heterocycles. The number of carbonyl (C=O) groups excluding carboxylic acids is 1. The minimum atomic E-state index is -0.869. The average molecular weight is 330 g/mol. The van der Waals surface area contributed by atoms with Gasteiger partial charge in [-0.15, -0.1) is 0 Å². The zero-order valence-electron chi connectivity index (χ0n) is 13.1. The van der Waals surface area contributed by atoms with E-state index >= 15 is 0 Å². The lowest BCUT2D eigenvalue weighted by Crippen LogP contribution is -2.35. The summed E-state index contributed by atoms with van der Waals surface area (Å²) in [5, 5.41) is 23.0. The van der Waals surface area contributed by atoms with Crippen LogP contribution in [0.2, 0.25) is 0 Å². The quantitative estimate of drug-likeness (QED) is 0.598. The van der Waals surface area contributed by atoms with E-state index in [9.17, 15) is 20.0 Å². The number of nitro benzene ring substituents is 1. The molecule has 1 amide bonds. The Bertz CT molecular complexity index is 715. The molecule has 7 heteroatoms. The Balaban J connectivity index is 1.80. The fourth-order valence-corrected chi connectivity index (χ4v) is 2.01. The number of rotatable bonds is 7. The maximum Gasteiger partial charge on any atom is 0.269 e. The summed E-state index contributed by atoms with van der Waals surface area (Å²) in [5.74, 6) is 0.262. The lowest BCUT2D eigenvalue weighted by molar-refractivity contribution is -0.384. The van der Waals surface area contributed by atoms with Crippen LogP contribution >= 0.6 is 0 Å². The highest BCUT2D eigenvalue weighted by Crippen LogP contribution is 2.16. The SMILES string of the molecule is Cc1ccccc1OCC(O)CNC(=O)c1ccc([N+](=O)[O-])cc1. The average Bonchev–Trinajstić information content (AvgIpc) is 2.59. The van der Waals surface area contributed by atoms with Gasteiger partial charge in [-0.3, -0.25) is 14.9 Å². The summed E-state index contributed by atoms with van der Waals surface area (Å²) < 4.78 is 5.50. The number of benzene rings is 2. The molecule has 2 aromatic carbocycles. The Hall–Kier alpha value is -2.93. The number of nitro groups is 1. The molecule has 1 unspecified atom stereocenters. The van der Waals surface area contributed by atoms with Crippen molar-refractivity contribution < 1.29 is 19.6 Å². The summed E-state index contributed by atoms with van der Waals surface area (Å²) in [7, 11) is 0. The maximum atomic E-state index is 11.9. The van der Waals surface area contributed by atoms with Gasteiger partial charge in [-0.05, 0) is 30.7 Å². The number of aliphatic hydroxyl groups is 1. The number of ether oxygens (including phenoxy) is 1.